The molecule has 0 saturated heterocycles. The summed E-state index contributed by atoms with van der Waals surface area (Å²) in [7, 11) is -3.13. The minimum absolute atomic E-state index is 0.0317. The van der Waals surface area contributed by atoms with Crippen LogP contribution in [-0.2, 0) is 16.5 Å². The quantitative estimate of drug-likeness (QED) is 0.362. The molecule has 0 heterocycles. The van der Waals surface area contributed by atoms with Gasteiger partial charge in [0.15, 0.2) is 0 Å². The number of aliphatic hydroxyl groups is 1. The number of benzene rings is 2. The van der Waals surface area contributed by atoms with Crippen molar-refractivity contribution in [2.45, 2.75) is 62.4 Å². The first-order valence-electron chi connectivity index (χ1n) is 11.7. The fourth-order valence-electron chi connectivity index (χ4n) is 7.02. The van der Waals surface area contributed by atoms with Crippen molar-refractivity contribution < 1.29 is 27.7 Å². The van der Waals surface area contributed by atoms with E-state index in [1.54, 1.807) is 0 Å². The second-order valence-corrected chi connectivity index (χ2v) is 11.6. The summed E-state index contributed by atoms with van der Waals surface area (Å²) in [5.41, 5.74) is 2.41. The van der Waals surface area contributed by atoms with E-state index in [-0.39, 0.29) is 22.8 Å². The normalized spacial score (nSPS) is 30.2. The highest BCUT2D eigenvalue weighted by Crippen LogP contribution is 2.61. The number of rotatable bonds is 4. The molecule has 8 nitrogen and oxygen atoms in total. The molecule has 9 heteroatoms. The Morgan fingerprint density at radius 3 is 2.56 bits per heavy atom. The molecule has 182 valence electrons. The zero-order chi connectivity index (χ0) is 24.4. The Morgan fingerprint density at radius 2 is 1.88 bits per heavy atom. The average molecular weight is 488 g/mol. The van der Waals surface area contributed by atoms with Crippen LogP contribution in [0.3, 0.4) is 0 Å². The number of nitro benzene ring substituents is 1. The topological polar surface area (TPSA) is 127 Å². The molecule has 2 fully saturated rings. The number of ether oxygens (including phenoxy) is 1. The number of nitro groups is 1. The number of non-ortho nitro benzene ring substituents is 1. The van der Waals surface area contributed by atoms with Gasteiger partial charge in [0, 0.05) is 23.3 Å². The molecule has 34 heavy (non-hydrogen) atoms. The lowest BCUT2D eigenvalue weighted by molar-refractivity contribution is -0.384. The van der Waals surface area contributed by atoms with Crippen molar-refractivity contribution >= 4 is 15.8 Å². The maximum Gasteiger partial charge on any atom is 0.295 e. The van der Waals surface area contributed by atoms with Gasteiger partial charge in [-0.2, -0.15) is 8.42 Å². The third kappa shape index (κ3) is 3.52. The molecule has 0 bridgehead atoms. The van der Waals surface area contributed by atoms with Crippen LogP contribution in [0.25, 0.3) is 11.1 Å². The van der Waals surface area contributed by atoms with Crippen molar-refractivity contribution in [1.82, 2.24) is 0 Å². The molecular formula is C25H29NO7S. The number of nitrogens with zero attached hydrogens (tertiary/aromatic N) is 1. The van der Waals surface area contributed by atoms with Gasteiger partial charge in [0.05, 0.1) is 18.1 Å². The van der Waals surface area contributed by atoms with Crippen LogP contribution < -0.4 is 4.74 Å². The van der Waals surface area contributed by atoms with Gasteiger partial charge in [0.2, 0.25) is 0 Å². The van der Waals surface area contributed by atoms with E-state index in [2.05, 4.69) is 6.92 Å². The molecule has 2 aromatic carbocycles. The highest BCUT2D eigenvalue weighted by Gasteiger charge is 2.54. The van der Waals surface area contributed by atoms with Crippen molar-refractivity contribution in [3.63, 3.8) is 0 Å². The molecule has 2 N–H and O–H groups in total. The van der Waals surface area contributed by atoms with E-state index in [1.165, 1.54) is 18.7 Å². The monoisotopic (exact) mass is 487 g/mol. The van der Waals surface area contributed by atoms with E-state index in [1.807, 2.05) is 12.1 Å². The number of methoxy groups -OCH3 is 1. The van der Waals surface area contributed by atoms with Crippen LogP contribution in [-0.4, -0.2) is 36.2 Å². The Kier molecular flexibility index (Phi) is 5.50. The summed E-state index contributed by atoms with van der Waals surface area (Å²) in [6, 6.07) is 7.12. The first-order chi connectivity index (χ1) is 16.0. The molecular weight excluding hydrogens is 458 g/mol. The predicted octanol–water partition coefficient (Wildman–Crippen LogP) is 4.73. The van der Waals surface area contributed by atoms with Crippen molar-refractivity contribution in [2.75, 3.05) is 7.11 Å². The van der Waals surface area contributed by atoms with Gasteiger partial charge in [0.25, 0.3) is 15.8 Å². The molecule has 2 saturated carbocycles. The van der Waals surface area contributed by atoms with Crippen LogP contribution in [0.15, 0.2) is 35.2 Å². The lowest BCUT2D eigenvalue weighted by Crippen LogP contribution is -2.43. The summed E-state index contributed by atoms with van der Waals surface area (Å²) in [5.74, 6) is 1.71. The van der Waals surface area contributed by atoms with Gasteiger partial charge in [-0.05, 0) is 91.0 Å². The molecule has 2 aromatic rings. The highest BCUT2D eigenvalue weighted by molar-refractivity contribution is 7.86. The van der Waals surface area contributed by atoms with E-state index in [0.29, 0.717) is 29.1 Å². The number of aliphatic hydroxyl groups excluding tert-OH is 1. The van der Waals surface area contributed by atoms with Gasteiger partial charge >= 0.3 is 0 Å². The molecule has 0 amide bonds. The maximum atomic E-state index is 12.1. The first-order valence-corrected chi connectivity index (χ1v) is 13.1. The highest BCUT2D eigenvalue weighted by atomic mass is 32.2. The maximum absolute atomic E-state index is 12.1. The number of aryl methyl sites for hydroxylation is 1. The fourth-order valence-corrected chi connectivity index (χ4v) is 7.71. The van der Waals surface area contributed by atoms with Crippen molar-refractivity contribution in [3.8, 4) is 16.9 Å². The number of fused-ring (bicyclic) bond motifs is 5. The zero-order valence-corrected chi connectivity index (χ0v) is 20.0. The van der Waals surface area contributed by atoms with Crippen LogP contribution in [0.4, 0.5) is 5.69 Å². The summed E-state index contributed by atoms with van der Waals surface area (Å²) < 4.78 is 39.6. The summed E-state index contributed by atoms with van der Waals surface area (Å²) in [6.07, 6.45) is 5.35. The summed E-state index contributed by atoms with van der Waals surface area (Å²) in [4.78, 5) is 10.4. The van der Waals surface area contributed by atoms with Crippen molar-refractivity contribution in [3.05, 3.63) is 51.6 Å². The lowest BCUT2D eigenvalue weighted by Gasteiger charge is -2.50. The Hall–Kier alpha value is -2.49. The van der Waals surface area contributed by atoms with E-state index in [0.717, 1.165) is 56.2 Å². The standard InChI is InChI=1S/C25H29NO7S/c1-25-10-9-16-17(21(25)6-8-24(25)27)5-3-14-11-19(22(33-2)13-18(14)16)20-12-15(26(28)29)4-7-23(20)34(30,31)32/h4,7,11-13,16-17,21,24,27H,3,5-6,8-10H2,1-2H3,(H,30,31,32)/t16?,17?,21?,24-,25-/m0/s1. The van der Waals surface area contributed by atoms with E-state index in [9.17, 15) is 28.2 Å². The van der Waals surface area contributed by atoms with Crippen LogP contribution in [0, 0.1) is 27.4 Å². The third-order valence-corrected chi connectivity index (χ3v) is 9.65. The summed E-state index contributed by atoms with van der Waals surface area (Å²) >= 11 is 0. The van der Waals surface area contributed by atoms with E-state index in [4.69, 9.17) is 4.74 Å². The van der Waals surface area contributed by atoms with Crippen LogP contribution in [0.2, 0.25) is 0 Å². The Labute approximate surface area is 198 Å². The predicted molar refractivity (Wildman–Crippen MR) is 126 cm³/mol. The fraction of sp³-hybridized carbons (Fsp3) is 0.520. The van der Waals surface area contributed by atoms with Crippen LogP contribution >= 0.6 is 0 Å². The van der Waals surface area contributed by atoms with E-state index < -0.39 is 19.9 Å². The summed E-state index contributed by atoms with van der Waals surface area (Å²) in [6.45, 7) is 2.23. The molecule has 0 aliphatic heterocycles. The number of hydrogen-bond acceptors (Lipinski definition) is 6. The minimum atomic E-state index is -4.61. The van der Waals surface area contributed by atoms with Gasteiger partial charge < -0.3 is 9.84 Å². The summed E-state index contributed by atoms with van der Waals surface area (Å²) in [5, 5.41) is 22.0. The average Bonchev–Trinajstić information content (AvgIpc) is 3.11. The van der Waals surface area contributed by atoms with E-state index >= 15 is 0 Å². The second-order valence-electron chi connectivity index (χ2n) is 10.2. The van der Waals surface area contributed by atoms with Crippen molar-refractivity contribution in [2.24, 2.45) is 17.3 Å². The van der Waals surface area contributed by atoms with Gasteiger partial charge in [-0.15, -0.1) is 0 Å². The largest absolute Gasteiger partial charge is 0.496 e. The van der Waals surface area contributed by atoms with Gasteiger partial charge in [0.1, 0.15) is 10.6 Å². The smallest absolute Gasteiger partial charge is 0.295 e. The van der Waals surface area contributed by atoms with Crippen LogP contribution in [0.1, 0.15) is 56.1 Å². The Balaban J connectivity index is 1.62. The molecule has 0 spiro atoms. The van der Waals surface area contributed by atoms with Gasteiger partial charge in [-0.25, -0.2) is 0 Å². The molecule has 3 aliphatic carbocycles. The molecule has 0 radical (unpaired) electrons. The Morgan fingerprint density at radius 1 is 1.12 bits per heavy atom. The molecule has 5 atom stereocenters. The first kappa shape index (κ1) is 23.3. The molecule has 0 aromatic heterocycles. The van der Waals surface area contributed by atoms with Gasteiger partial charge in [-0.3, -0.25) is 14.7 Å². The SMILES string of the molecule is COc1cc2c(cc1-c1cc([N+](=O)[O-])ccc1S(=O)(=O)O)CCC1C2CC[C@@]2(C)C1CC[C@@H]2O. The third-order valence-electron chi connectivity index (χ3n) is 8.74. The minimum Gasteiger partial charge on any atom is -0.496 e. The molecule has 3 aliphatic rings. The van der Waals surface area contributed by atoms with Crippen molar-refractivity contribution in [1.29, 1.82) is 0 Å². The Bertz CT molecular complexity index is 1270. The molecule has 3 unspecified atom stereocenters. The zero-order valence-electron chi connectivity index (χ0n) is 19.2. The lowest BCUT2D eigenvalue weighted by atomic mass is 9.55. The second kappa shape index (κ2) is 8.03. The molecule has 5 rings (SSSR count). The number of hydrogen-bond donors (Lipinski definition) is 2. The van der Waals surface area contributed by atoms with Gasteiger partial charge in [-0.1, -0.05) is 6.92 Å². The van der Waals surface area contributed by atoms with Crippen LogP contribution in [0.5, 0.6) is 5.75 Å².